The van der Waals surface area contributed by atoms with Gasteiger partial charge in [-0.15, -0.1) is 0 Å². The topological polar surface area (TPSA) is 55.5 Å². The Bertz CT molecular complexity index is 320. The molecule has 3 nitrogen and oxygen atoms in total. The Morgan fingerprint density at radius 3 is 2.79 bits per heavy atom. The lowest BCUT2D eigenvalue weighted by Crippen LogP contribution is -2.05. The minimum absolute atomic E-state index is 0.0555. The molecule has 0 fully saturated rings. The molecule has 2 radical (unpaired) electrons. The smallest absolute Gasteiger partial charge is 0.142 e. The molecule has 1 rings (SSSR count). The van der Waals surface area contributed by atoms with Gasteiger partial charge < -0.3 is 15.6 Å². The van der Waals surface area contributed by atoms with Crippen molar-refractivity contribution >= 4 is 25.1 Å². The first kappa shape index (κ1) is 11.2. The molecule has 74 valence electrons. The van der Waals surface area contributed by atoms with Crippen LogP contribution in [0.4, 0.5) is 5.69 Å². The quantitative estimate of drug-likeness (QED) is 0.576. The number of aliphatic hydroxyl groups is 1. The van der Waals surface area contributed by atoms with Crippen molar-refractivity contribution in [2.45, 2.75) is 6.32 Å². The second kappa shape index (κ2) is 5.12. The van der Waals surface area contributed by atoms with E-state index in [0.29, 0.717) is 22.0 Å². The monoisotopic (exact) mass is 211 g/mol. The second-order valence-corrected chi connectivity index (χ2v) is 3.12. The molecule has 0 aliphatic rings. The van der Waals surface area contributed by atoms with Crippen molar-refractivity contribution in [3.8, 4) is 5.75 Å². The molecule has 0 heterocycles. The Balaban J connectivity index is 2.96. The van der Waals surface area contributed by atoms with Crippen molar-refractivity contribution in [3.63, 3.8) is 0 Å². The Morgan fingerprint density at radius 1 is 1.50 bits per heavy atom. The predicted molar refractivity (Wildman–Crippen MR) is 57.9 cm³/mol. The van der Waals surface area contributed by atoms with Crippen LogP contribution in [-0.2, 0) is 6.32 Å². The van der Waals surface area contributed by atoms with E-state index in [2.05, 4.69) is 0 Å². The highest BCUT2D eigenvalue weighted by Gasteiger charge is 2.08. The number of hydrogen-bond acceptors (Lipinski definition) is 3. The van der Waals surface area contributed by atoms with Gasteiger partial charge in [0.15, 0.2) is 0 Å². The first-order valence-corrected chi connectivity index (χ1v) is 4.59. The predicted octanol–water partition coefficient (Wildman–Crippen LogP) is 0.962. The van der Waals surface area contributed by atoms with Crippen LogP contribution in [-0.4, -0.2) is 26.2 Å². The molecule has 0 aromatic heterocycles. The highest BCUT2D eigenvalue weighted by atomic mass is 35.5. The summed E-state index contributed by atoms with van der Waals surface area (Å²) >= 11 is 5.87. The van der Waals surface area contributed by atoms with E-state index >= 15 is 0 Å². The SMILES string of the molecule is [B]Cc1c(Cl)ccc(OCCO)c1N. The van der Waals surface area contributed by atoms with Crippen LogP contribution in [0.5, 0.6) is 5.75 Å². The van der Waals surface area contributed by atoms with E-state index in [9.17, 15) is 0 Å². The van der Waals surface area contributed by atoms with Gasteiger partial charge in [0.1, 0.15) is 12.4 Å². The van der Waals surface area contributed by atoms with E-state index < -0.39 is 0 Å². The summed E-state index contributed by atoms with van der Waals surface area (Å²) in [5, 5.41) is 9.11. The zero-order chi connectivity index (χ0) is 10.6. The molecule has 0 bridgehead atoms. The summed E-state index contributed by atoms with van der Waals surface area (Å²) in [6.07, 6.45) is 0.265. The molecule has 3 N–H and O–H groups in total. The average molecular weight is 211 g/mol. The molecule has 0 atom stereocenters. The Hall–Kier alpha value is -0.865. The third kappa shape index (κ3) is 2.33. The van der Waals surface area contributed by atoms with Gasteiger partial charge in [-0.1, -0.05) is 17.9 Å². The van der Waals surface area contributed by atoms with Gasteiger partial charge in [-0.3, -0.25) is 0 Å². The van der Waals surface area contributed by atoms with Gasteiger partial charge in [0, 0.05) is 5.02 Å². The number of benzene rings is 1. The van der Waals surface area contributed by atoms with Crippen molar-refractivity contribution in [2.75, 3.05) is 18.9 Å². The fourth-order valence-corrected chi connectivity index (χ4v) is 1.35. The summed E-state index contributed by atoms with van der Waals surface area (Å²) in [6.45, 7) is 0.149. The molecule has 14 heavy (non-hydrogen) atoms. The maximum Gasteiger partial charge on any atom is 0.142 e. The lowest BCUT2D eigenvalue weighted by atomic mass is 9.95. The van der Waals surface area contributed by atoms with Crippen LogP contribution in [0.25, 0.3) is 0 Å². The Labute approximate surface area is 89.2 Å². The van der Waals surface area contributed by atoms with Crippen LogP contribution in [0.1, 0.15) is 5.56 Å². The van der Waals surface area contributed by atoms with Crippen molar-refractivity contribution in [1.29, 1.82) is 0 Å². The third-order valence-corrected chi connectivity index (χ3v) is 2.17. The normalized spacial score (nSPS) is 10.1. The molecule has 0 unspecified atom stereocenters. The summed E-state index contributed by atoms with van der Waals surface area (Å²) < 4.78 is 5.19. The highest BCUT2D eigenvalue weighted by molar-refractivity contribution is 6.32. The standard InChI is InChI=1S/C9H11BClNO2/c10-5-6-7(11)1-2-8(9(6)12)14-4-3-13/h1-2,13H,3-5,12H2. The summed E-state index contributed by atoms with van der Waals surface area (Å²) in [5.74, 6) is 0.504. The van der Waals surface area contributed by atoms with Crippen LogP contribution in [0.2, 0.25) is 5.02 Å². The van der Waals surface area contributed by atoms with Crippen molar-refractivity contribution in [2.24, 2.45) is 0 Å². The molecule has 0 amide bonds. The minimum Gasteiger partial charge on any atom is -0.489 e. The van der Waals surface area contributed by atoms with Crippen LogP contribution in [0.15, 0.2) is 12.1 Å². The summed E-state index contributed by atoms with van der Waals surface area (Å²) in [6, 6.07) is 3.33. The molecule has 0 aliphatic heterocycles. The Morgan fingerprint density at radius 2 is 2.21 bits per heavy atom. The number of nitrogens with two attached hydrogens (primary N) is 1. The number of ether oxygens (including phenoxy) is 1. The summed E-state index contributed by atoms with van der Waals surface area (Å²) in [5.41, 5.74) is 6.87. The number of nitrogen functional groups attached to an aromatic ring is 1. The lowest BCUT2D eigenvalue weighted by Gasteiger charge is -2.12. The number of halogens is 1. The first-order valence-electron chi connectivity index (χ1n) is 4.21. The van der Waals surface area contributed by atoms with Gasteiger partial charge in [-0.05, 0) is 17.7 Å². The molecular formula is C9H11BClNO2. The minimum atomic E-state index is -0.0555. The number of rotatable bonds is 4. The van der Waals surface area contributed by atoms with Crippen LogP contribution in [0, 0.1) is 0 Å². The zero-order valence-electron chi connectivity index (χ0n) is 7.66. The highest BCUT2D eigenvalue weighted by Crippen LogP contribution is 2.31. The van der Waals surface area contributed by atoms with Crippen molar-refractivity contribution in [1.82, 2.24) is 0 Å². The first-order chi connectivity index (χ1) is 6.70. The fourth-order valence-electron chi connectivity index (χ4n) is 1.11. The summed E-state index contributed by atoms with van der Waals surface area (Å²) in [7, 11) is 5.48. The number of hydrogen-bond donors (Lipinski definition) is 2. The van der Waals surface area contributed by atoms with Gasteiger partial charge in [0.05, 0.1) is 20.1 Å². The van der Waals surface area contributed by atoms with Gasteiger partial charge in [-0.25, -0.2) is 0 Å². The van der Waals surface area contributed by atoms with E-state index in [0.717, 1.165) is 0 Å². The van der Waals surface area contributed by atoms with E-state index in [1.165, 1.54) is 0 Å². The molecule has 5 heteroatoms. The average Bonchev–Trinajstić information content (AvgIpc) is 2.18. The molecule has 0 saturated heterocycles. The van der Waals surface area contributed by atoms with Crippen molar-refractivity contribution in [3.05, 3.63) is 22.7 Å². The van der Waals surface area contributed by atoms with E-state index in [-0.39, 0.29) is 19.5 Å². The van der Waals surface area contributed by atoms with Crippen molar-refractivity contribution < 1.29 is 9.84 Å². The molecule has 1 aromatic carbocycles. The summed E-state index contributed by atoms with van der Waals surface area (Å²) in [4.78, 5) is 0. The lowest BCUT2D eigenvalue weighted by molar-refractivity contribution is 0.202. The fraction of sp³-hybridized carbons (Fsp3) is 0.333. The van der Waals surface area contributed by atoms with E-state index in [4.69, 9.17) is 35.0 Å². The van der Waals surface area contributed by atoms with Crippen LogP contribution < -0.4 is 10.5 Å². The molecule has 0 saturated carbocycles. The number of anilines is 1. The van der Waals surface area contributed by atoms with Crippen LogP contribution in [0.3, 0.4) is 0 Å². The van der Waals surface area contributed by atoms with E-state index in [1.54, 1.807) is 12.1 Å². The zero-order valence-corrected chi connectivity index (χ0v) is 8.42. The molecule has 0 aliphatic carbocycles. The molecular weight excluding hydrogens is 200 g/mol. The second-order valence-electron chi connectivity index (χ2n) is 2.71. The maximum atomic E-state index is 8.58. The third-order valence-electron chi connectivity index (χ3n) is 1.81. The van der Waals surface area contributed by atoms with Gasteiger partial charge >= 0.3 is 0 Å². The Kier molecular flexibility index (Phi) is 4.10. The largest absolute Gasteiger partial charge is 0.489 e. The maximum absolute atomic E-state index is 8.58. The van der Waals surface area contributed by atoms with Gasteiger partial charge in [0.2, 0.25) is 0 Å². The molecule has 0 spiro atoms. The molecule has 1 aromatic rings. The van der Waals surface area contributed by atoms with E-state index in [1.807, 2.05) is 0 Å². The van der Waals surface area contributed by atoms with Gasteiger partial charge in [0.25, 0.3) is 0 Å². The number of aliphatic hydroxyl groups excluding tert-OH is 1. The van der Waals surface area contributed by atoms with Crippen LogP contribution >= 0.6 is 11.6 Å². The van der Waals surface area contributed by atoms with Gasteiger partial charge in [-0.2, -0.15) is 0 Å².